The molecule has 0 aliphatic rings. The summed E-state index contributed by atoms with van der Waals surface area (Å²) in [6.07, 6.45) is 0.115. The lowest BCUT2D eigenvalue weighted by Crippen LogP contribution is -2.39. The molecule has 0 saturated carbocycles. The summed E-state index contributed by atoms with van der Waals surface area (Å²) >= 11 is 1.52. The number of thiazole rings is 1. The van der Waals surface area contributed by atoms with Crippen LogP contribution in [0.25, 0.3) is 0 Å². The fraction of sp³-hybridized carbons (Fsp3) is 0.643. The SMILES string of the molecule is COCCN(CC(=O)O)C(=O)Cc1csc(C(C)(C)C)n1. The van der Waals surface area contributed by atoms with Gasteiger partial charge in [0.2, 0.25) is 5.91 Å². The highest BCUT2D eigenvalue weighted by atomic mass is 32.1. The first-order valence-electron chi connectivity index (χ1n) is 6.67. The fourth-order valence-corrected chi connectivity index (χ4v) is 2.56. The van der Waals surface area contributed by atoms with E-state index in [1.165, 1.54) is 23.3 Å². The number of hydrogen-bond acceptors (Lipinski definition) is 5. The quantitative estimate of drug-likeness (QED) is 0.826. The Labute approximate surface area is 128 Å². The molecule has 0 unspecified atom stereocenters. The number of methoxy groups -OCH3 is 1. The Morgan fingerprint density at radius 2 is 2.10 bits per heavy atom. The van der Waals surface area contributed by atoms with Crippen molar-refractivity contribution in [1.82, 2.24) is 9.88 Å². The van der Waals surface area contributed by atoms with Crippen molar-refractivity contribution in [2.24, 2.45) is 0 Å². The van der Waals surface area contributed by atoms with E-state index in [9.17, 15) is 9.59 Å². The molecule has 0 aliphatic carbocycles. The van der Waals surface area contributed by atoms with Crippen molar-refractivity contribution in [1.29, 1.82) is 0 Å². The van der Waals surface area contributed by atoms with Gasteiger partial charge in [-0.25, -0.2) is 4.98 Å². The van der Waals surface area contributed by atoms with Gasteiger partial charge in [0.25, 0.3) is 0 Å². The van der Waals surface area contributed by atoms with Crippen molar-refractivity contribution in [3.05, 3.63) is 16.1 Å². The van der Waals surface area contributed by atoms with Crippen LogP contribution in [0.5, 0.6) is 0 Å². The molecular formula is C14H22N2O4S. The van der Waals surface area contributed by atoms with Crippen LogP contribution < -0.4 is 0 Å². The average Bonchev–Trinajstić information content (AvgIpc) is 2.82. The second-order valence-electron chi connectivity index (χ2n) is 5.77. The molecule has 1 amide bonds. The number of aliphatic carboxylic acids is 1. The third kappa shape index (κ3) is 5.81. The molecule has 0 atom stereocenters. The third-order valence-electron chi connectivity index (χ3n) is 2.77. The molecule has 1 aromatic rings. The Morgan fingerprint density at radius 3 is 2.57 bits per heavy atom. The summed E-state index contributed by atoms with van der Waals surface area (Å²) in [5.74, 6) is -1.28. The van der Waals surface area contributed by atoms with Gasteiger partial charge in [-0.05, 0) is 0 Å². The Bertz CT molecular complexity index is 493. The van der Waals surface area contributed by atoms with Crippen LogP contribution in [0.3, 0.4) is 0 Å². The Kier molecular flexibility index (Phi) is 6.29. The van der Waals surface area contributed by atoms with E-state index in [0.29, 0.717) is 12.3 Å². The largest absolute Gasteiger partial charge is 0.480 e. The zero-order chi connectivity index (χ0) is 16.0. The summed E-state index contributed by atoms with van der Waals surface area (Å²) in [5, 5.41) is 11.7. The average molecular weight is 314 g/mol. The van der Waals surface area contributed by atoms with Crippen LogP contribution in [-0.4, -0.2) is 53.7 Å². The first kappa shape index (κ1) is 17.6. The van der Waals surface area contributed by atoms with Crippen LogP contribution >= 0.6 is 11.3 Å². The molecule has 1 aromatic heterocycles. The maximum absolute atomic E-state index is 12.2. The number of hydrogen-bond donors (Lipinski definition) is 1. The van der Waals surface area contributed by atoms with Crippen molar-refractivity contribution in [3.8, 4) is 0 Å². The molecule has 1 rings (SSSR count). The fourth-order valence-electron chi connectivity index (χ4n) is 1.66. The first-order valence-corrected chi connectivity index (χ1v) is 7.55. The van der Waals surface area contributed by atoms with E-state index in [4.69, 9.17) is 9.84 Å². The van der Waals surface area contributed by atoms with Crippen LogP contribution in [-0.2, 0) is 26.2 Å². The Hall–Kier alpha value is -1.47. The molecule has 0 aliphatic heterocycles. The van der Waals surface area contributed by atoms with Crippen LogP contribution in [0.1, 0.15) is 31.5 Å². The van der Waals surface area contributed by atoms with Crippen LogP contribution in [0, 0.1) is 0 Å². The number of carboxylic acids is 1. The van der Waals surface area contributed by atoms with Gasteiger partial charge in [-0.3, -0.25) is 9.59 Å². The highest BCUT2D eigenvalue weighted by Gasteiger charge is 2.21. The summed E-state index contributed by atoms with van der Waals surface area (Å²) in [6.45, 7) is 6.44. The predicted octanol–water partition coefficient (Wildman–Crippen LogP) is 1.54. The maximum atomic E-state index is 12.2. The maximum Gasteiger partial charge on any atom is 0.323 e. The van der Waals surface area contributed by atoms with E-state index in [0.717, 1.165) is 5.01 Å². The van der Waals surface area contributed by atoms with Crippen LogP contribution in [0.4, 0.5) is 0 Å². The molecule has 0 aromatic carbocycles. The molecule has 118 valence electrons. The normalized spacial score (nSPS) is 11.4. The highest BCUT2D eigenvalue weighted by molar-refractivity contribution is 7.09. The number of amides is 1. The number of rotatable bonds is 7. The Balaban J connectivity index is 2.71. The minimum atomic E-state index is -1.03. The van der Waals surface area contributed by atoms with Gasteiger partial charge in [0.05, 0.1) is 23.7 Å². The third-order valence-corrected chi connectivity index (χ3v) is 4.09. The van der Waals surface area contributed by atoms with E-state index in [-0.39, 0.29) is 30.8 Å². The number of carbonyl (C=O) groups is 2. The zero-order valence-electron chi connectivity index (χ0n) is 12.9. The molecule has 21 heavy (non-hydrogen) atoms. The molecule has 1 N–H and O–H groups in total. The Morgan fingerprint density at radius 1 is 1.43 bits per heavy atom. The molecule has 0 radical (unpaired) electrons. The predicted molar refractivity (Wildman–Crippen MR) is 80.6 cm³/mol. The summed E-state index contributed by atoms with van der Waals surface area (Å²) in [4.78, 5) is 28.7. The topological polar surface area (TPSA) is 79.7 Å². The number of carboxylic acid groups (broad SMARTS) is 1. The van der Waals surface area contributed by atoms with Gasteiger partial charge in [0.15, 0.2) is 0 Å². The molecule has 6 nitrogen and oxygen atoms in total. The molecule has 1 heterocycles. The smallest absolute Gasteiger partial charge is 0.323 e. The summed E-state index contributed by atoms with van der Waals surface area (Å²) < 4.78 is 4.90. The molecule has 0 fully saturated rings. The van der Waals surface area contributed by atoms with E-state index < -0.39 is 5.97 Å². The van der Waals surface area contributed by atoms with Gasteiger partial charge in [-0.2, -0.15) is 0 Å². The van der Waals surface area contributed by atoms with Gasteiger partial charge >= 0.3 is 5.97 Å². The molecule has 0 saturated heterocycles. The molecule has 0 spiro atoms. The van der Waals surface area contributed by atoms with Gasteiger partial charge < -0.3 is 14.7 Å². The lowest BCUT2D eigenvalue weighted by Gasteiger charge is -2.19. The van der Waals surface area contributed by atoms with Gasteiger partial charge in [-0.15, -0.1) is 11.3 Å². The van der Waals surface area contributed by atoms with Crippen molar-refractivity contribution in [3.63, 3.8) is 0 Å². The minimum Gasteiger partial charge on any atom is -0.480 e. The van der Waals surface area contributed by atoms with Crippen LogP contribution in [0.2, 0.25) is 0 Å². The van der Waals surface area contributed by atoms with E-state index >= 15 is 0 Å². The summed E-state index contributed by atoms with van der Waals surface area (Å²) in [5.41, 5.74) is 0.630. The number of carbonyl (C=O) groups excluding carboxylic acids is 1. The van der Waals surface area contributed by atoms with Crippen LogP contribution in [0.15, 0.2) is 5.38 Å². The number of ether oxygens (including phenoxy) is 1. The van der Waals surface area contributed by atoms with Gasteiger partial charge in [0, 0.05) is 24.4 Å². The highest BCUT2D eigenvalue weighted by Crippen LogP contribution is 2.25. The van der Waals surface area contributed by atoms with Crippen molar-refractivity contribution >= 4 is 23.2 Å². The van der Waals surface area contributed by atoms with E-state index in [1.54, 1.807) is 0 Å². The lowest BCUT2D eigenvalue weighted by atomic mass is 9.98. The second kappa shape index (κ2) is 7.51. The first-order chi connectivity index (χ1) is 9.74. The van der Waals surface area contributed by atoms with Crippen molar-refractivity contribution in [2.45, 2.75) is 32.6 Å². The second-order valence-corrected chi connectivity index (χ2v) is 6.63. The molecule has 0 bridgehead atoms. The summed E-state index contributed by atoms with van der Waals surface area (Å²) in [7, 11) is 1.51. The number of aromatic nitrogens is 1. The van der Waals surface area contributed by atoms with E-state index in [1.807, 2.05) is 5.38 Å². The number of nitrogens with zero attached hydrogens (tertiary/aromatic N) is 2. The van der Waals surface area contributed by atoms with Crippen molar-refractivity contribution in [2.75, 3.05) is 26.8 Å². The van der Waals surface area contributed by atoms with Gasteiger partial charge in [0.1, 0.15) is 6.54 Å². The minimum absolute atomic E-state index is 0.0528. The molecule has 7 heteroatoms. The standard InChI is InChI=1S/C14H22N2O4S/c1-14(2,3)13-15-10(9-21-13)7-11(17)16(5-6-20-4)8-12(18)19/h9H,5-8H2,1-4H3,(H,18,19). The monoisotopic (exact) mass is 314 g/mol. The summed E-state index contributed by atoms with van der Waals surface area (Å²) in [6, 6.07) is 0. The lowest BCUT2D eigenvalue weighted by molar-refractivity contribution is -0.144. The van der Waals surface area contributed by atoms with Gasteiger partial charge in [-0.1, -0.05) is 20.8 Å². The molecular weight excluding hydrogens is 292 g/mol. The van der Waals surface area contributed by atoms with Crippen molar-refractivity contribution < 1.29 is 19.4 Å². The van der Waals surface area contributed by atoms with E-state index in [2.05, 4.69) is 25.8 Å². The zero-order valence-corrected chi connectivity index (χ0v) is 13.7.